The van der Waals surface area contributed by atoms with Crippen LogP contribution in [0.3, 0.4) is 0 Å². The first-order valence-electron chi connectivity index (χ1n) is 15.7. The Morgan fingerprint density at radius 2 is 1.56 bits per heavy atom. The summed E-state index contributed by atoms with van der Waals surface area (Å²) in [5, 5.41) is 8.07. The molecule has 4 aromatic carbocycles. The summed E-state index contributed by atoms with van der Waals surface area (Å²) in [7, 11) is 0. The third-order valence-electron chi connectivity index (χ3n) is 8.26. The molecule has 7 heteroatoms. The summed E-state index contributed by atoms with van der Waals surface area (Å²) in [5.74, 6) is -0.610. The van der Waals surface area contributed by atoms with E-state index < -0.39 is 23.8 Å². The van der Waals surface area contributed by atoms with Crippen LogP contribution < -0.4 is 10.6 Å². The van der Waals surface area contributed by atoms with Crippen molar-refractivity contribution in [2.24, 2.45) is 0 Å². The number of hydrogen-bond acceptors (Lipinski definition) is 4. The Bertz CT molecular complexity index is 1670. The number of carbonyl (C=O) groups is 3. The second-order valence-electron chi connectivity index (χ2n) is 13.0. The van der Waals surface area contributed by atoms with Gasteiger partial charge in [-0.3, -0.25) is 9.59 Å². The molecular weight excluding hydrogens is 562 g/mol. The number of anilines is 1. The van der Waals surface area contributed by atoms with Crippen molar-refractivity contribution in [3.05, 3.63) is 113 Å². The lowest BCUT2D eigenvalue weighted by atomic mass is 9.86. The maximum atomic E-state index is 14.8. The minimum Gasteiger partial charge on any atom is -0.444 e. The molecule has 1 fully saturated rings. The zero-order valence-electron chi connectivity index (χ0n) is 26.8. The van der Waals surface area contributed by atoms with Crippen LogP contribution in [0.4, 0.5) is 10.5 Å². The van der Waals surface area contributed by atoms with Gasteiger partial charge in [0, 0.05) is 18.2 Å². The number of rotatable bonds is 9. The maximum absolute atomic E-state index is 14.8. The molecule has 0 aliphatic heterocycles. The topological polar surface area (TPSA) is 87.7 Å². The van der Waals surface area contributed by atoms with E-state index in [2.05, 4.69) is 10.6 Å². The van der Waals surface area contributed by atoms with Crippen molar-refractivity contribution < 1.29 is 19.1 Å². The van der Waals surface area contributed by atoms with E-state index in [4.69, 9.17) is 4.74 Å². The fourth-order valence-electron chi connectivity index (χ4n) is 5.89. The van der Waals surface area contributed by atoms with E-state index in [-0.39, 0.29) is 24.3 Å². The molecule has 2 N–H and O–H groups in total. The zero-order valence-corrected chi connectivity index (χ0v) is 26.8. The van der Waals surface area contributed by atoms with E-state index >= 15 is 0 Å². The van der Waals surface area contributed by atoms with Crippen molar-refractivity contribution in [1.82, 2.24) is 10.2 Å². The monoisotopic (exact) mass is 605 g/mol. The standard InChI is InChI=1S/C38H43N3O4/c1-25-18-21-32(26(2)22-25)34(35(42)39-30-20-19-28-14-9-10-15-29(28)24-30)41(31-16-11-17-31)36(43)33(23-27-12-7-6-8-13-27)40-37(44)45-38(3,4)5/h6-10,12-15,18-22,24,31,33-34H,11,16-17,23H2,1-5H3,(H,39,42)(H,40,44). The van der Waals surface area contributed by atoms with E-state index in [0.29, 0.717) is 5.69 Å². The lowest BCUT2D eigenvalue weighted by molar-refractivity contribution is -0.145. The second-order valence-corrected chi connectivity index (χ2v) is 13.0. The minimum absolute atomic E-state index is 0.149. The third-order valence-corrected chi connectivity index (χ3v) is 8.26. The van der Waals surface area contributed by atoms with Gasteiger partial charge in [-0.1, -0.05) is 84.4 Å². The lowest BCUT2D eigenvalue weighted by Crippen LogP contribution is -2.57. The number of nitrogens with zero attached hydrogens (tertiary/aromatic N) is 1. The Labute approximate surface area is 266 Å². The first-order chi connectivity index (χ1) is 21.5. The van der Waals surface area contributed by atoms with Gasteiger partial charge in [-0.15, -0.1) is 0 Å². The Balaban J connectivity index is 1.55. The number of carbonyl (C=O) groups excluding carboxylic acids is 3. The third kappa shape index (κ3) is 7.90. The van der Waals surface area contributed by atoms with Crippen molar-refractivity contribution in [3.63, 3.8) is 0 Å². The number of ether oxygens (including phenoxy) is 1. The van der Waals surface area contributed by atoms with Crippen LogP contribution in [0.2, 0.25) is 0 Å². The molecule has 45 heavy (non-hydrogen) atoms. The Morgan fingerprint density at radius 1 is 0.867 bits per heavy atom. The highest BCUT2D eigenvalue weighted by molar-refractivity contribution is 6.00. The van der Waals surface area contributed by atoms with Crippen molar-refractivity contribution in [2.45, 2.75) is 84.0 Å². The first-order valence-corrected chi connectivity index (χ1v) is 15.7. The van der Waals surface area contributed by atoms with Crippen molar-refractivity contribution in [1.29, 1.82) is 0 Å². The molecule has 0 heterocycles. The van der Waals surface area contributed by atoms with Crippen LogP contribution in [0, 0.1) is 13.8 Å². The number of aryl methyl sites for hydroxylation is 2. The summed E-state index contributed by atoms with van der Waals surface area (Å²) in [4.78, 5) is 44.0. The number of hydrogen-bond donors (Lipinski definition) is 2. The molecule has 5 rings (SSSR count). The summed E-state index contributed by atoms with van der Waals surface area (Å²) in [6.45, 7) is 9.34. The van der Waals surface area contributed by atoms with Gasteiger partial charge in [0.15, 0.2) is 0 Å². The Hall–Kier alpha value is -4.65. The van der Waals surface area contributed by atoms with Crippen LogP contribution in [0.1, 0.15) is 68.3 Å². The average molecular weight is 606 g/mol. The number of benzene rings is 4. The molecule has 1 aliphatic rings. The van der Waals surface area contributed by atoms with E-state index in [1.165, 1.54) is 0 Å². The average Bonchev–Trinajstić information content (AvgIpc) is 2.95. The van der Waals surface area contributed by atoms with Crippen LogP contribution in [0.25, 0.3) is 10.8 Å². The second kappa shape index (κ2) is 13.6. The summed E-state index contributed by atoms with van der Waals surface area (Å²) in [6.07, 6.45) is 2.10. The molecule has 7 nitrogen and oxygen atoms in total. The molecule has 2 unspecified atom stereocenters. The fraction of sp³-hybridized carbons (Fsp3) is 0.342. The van der Waals surface area contributed by atoms with Crippen LogP contribution in [0.5, 0.6) is 0 Å². The molecule has 0 saturated heterocycles. The molecule has 3 amide bonds. The van der Waals surface area contributed by atoms with Gasteiger partial charge >= 0.3 is 6.09 Å². The lowest BCUT2D eigenvalue weighted by Gasteiger charge is -2.44. The van der Waals surface area contributed by atoms with Gasteiger partial charge in [-0.2, -0.15) is 0 Å². The van der Waals surface area contributed by atoms with E-state index in [0.717, 1.165) is 52.3 Å². The smallest absolute Gasteiger partial charge is 0.408 e. The van der Waals surface area contributed by atoms with Gasteiger partial charge in [0.05, 0.1) is 0 Å². The molecule has 4 aromatic rings. The van der Waals surface area contributed by atoms with Crippen LogP contribution >= 0.6 is 0 Å². The highest BCUT2D eigenvalue weighted by Crippen LogP contribution is 2.36. The normalized spacial score (nSPS) is 14.6. The molecule has 0 aromatic heterocycles. The van der Waals surface area contributed by atoms with Crippen molar-refractivity contribution in [3.8, 4) is 0 Å². The predicted molar refractivity (Wildman–Crippen MR) is 179 cm³/mol. The largest absolute Gasteiger partial charge is 0.444 e. The molecule has 0 spiro atoms. The van der Waals surface area contributed by atoms with E-state index in [1.54, 1.807) is 25.7 Å². The van der Waals surface area contributed by atoms with E-state index in [9.17, 15) is 14.4 Å². The molecule has 0 bridgehead atoms. The van der Waals surface area contributed by atoms with Gasteiger partial charge in [0.1, 0.15) is 17.7 Å². The highest BCUT2D eigenvalue weighted by Gasteiger charge is 2.42. The van der Waals surface area contributed by atoms with Gasteiger partial charge in [-0.25, -0.2) is 4.79 Å². The number of nitrogens with one attached hydrogen (secondary N) is 2. The molecule has 2 atom stereocenters. The van der Waals surface area contributed by atoms with Crippen molar-refractivity contribution in [2.75, 3.05) is 5.32 Å². The predicted octanol–water partition coefficient (Wildman–Crippen LogP) is 7.65. The van der Waals surface area contributed by atoms with Gasteiger partial charge in [0.2, 0.25) is 5.91 Å². The number of alkyl carbamates (subject to hydrolysis) is 1. The van der Waals surface area contributed by atoms with Crippen LogP contribution in [0.15, 0.2) is 91.0 Å². The summed E-state index contributed by atoms with van der Waals surface area (Å²) >= 11 is 0. The first kappa shape index (κ1) is 31.8. The Morgan fingerprint density at radius 3 is 2.20 bits per heavy atom. The van der Waals surface area contributed by atoms with Gasteiger partial charge in [0.25, 0.3) is 5.91 Å². The summed E-state index contributed by atoms with van der Waals surface area (Å²) in [5.41, 5.74) is 3.56. The molecule has 1 saturated carbocycles. The summed E-state index contributed by atoms with van der Waals surface area (Å²) < 4.78 is 5.58. The maximum Gasteiger partial charge on any atom is 0.408 e. The highest BCUT2D eigenvalue weighted by atomic mass is 16.6. The fourth-order valence-corrected chi connectivity index (χ4v) is 5.89. The number of fused-ring (bicyclic) bond motifs is 1. The molecule has 0 radical (unpaired) electrons. The quantitative estimate of drug-likeness (QED) is 0.205. The molecule has 234 valence electrons. The van der Waals surface area contributed by atoms with Crippen molar-refractivity contribution >= 4 is 34.4 Å². The molecule has 1 aliphatic carbocycles. The molecular formula is C38H43N3O4. The van der Waals surface area contributed by atoms with Crippen LogP contribution in [-0.2, 0) is 20.7 Å². The number of amides is 3. The van der Waals surface area contributed by atoms with E-state index in [1.807, 2.05) is 105 Å². The Kier molecular flexibility index (Phi) is 9.57. The SMILES string of the molecule is Cc1ccc(C(C(=O)Nc2ccc3ccccc3c2)N(C(=O)C(Cc2ccccc2)NC(=O)OC(C)(C)C)C2CCC2)c(C)c1. The van der Waals surface area contributed by atoms with Gasteiger partial charge in [-0.05, 0) is 93.5 Å². The minimum atomic E-state index is -0.940. The van der Waals surface area contributed by atoms with Gasteiger partial charge < -0.3 is 20.3 Å². The summed E-state index contributed by atoms with van der Waals surface area (Å²) in [6, 6.07) is 27.3. The van der Waals surface area contributed by atoms with Crippen LogP contribution in [-0.4, -0.2) is 40.5 Å². The zero-order chi connectivity index (χ0) is 32.1.